The Kier molecular flexibility index (Phi) is 5.94. The third kappa shape index (κ3) is 4.31. The highest BCUT2D eigenvalue weighted by molar-refractivity contribution is 5.76. The van der Waals surface area contributed by atoms with Crippen LogP contribution in [-0.4, -0.2) is 72.2 Å². The molecule has 6 nitrogen and oxygen atoms in total. The van der Waals surface area contributed by atoms with Gasteiger partial charge in [0, 0.05) is 32.0 Å². The van der Waals surface area contributed by atoms with Gasteiger partial charge >= 0.3 is 5.97 Å². The van der Waals surface area contributed by atoms with Gasteiger partial charge in [0.1, 0.15) is 6.10 Å². The van der Waals surface area contributed by atoms with E-state index in [1.165, 1.54) is 0 Å². The molecular formula is C19H29NO5. The molecule has 0 aromatic carbocycles. The van der Waals surface area contributed by atoms with E-state index in [1.807, 2.05) is 13.0 Å². The molecule has 2 N–H and O–H groups in total. The van der Waals surface area contributed by atoms with E-state index >= 15 is 0 Å². The van der Waals surface area contributed by atoms with Crippen LogP contribution < -0.4 is 0 Å². The van der Waals surface area contributed by atoms with Gasteiger partial charge < -0.3 is 19.7 Å². The standard InChI is InChI=1S/C19H29NO5/c1-12-3-4-15(21)13(2)10-17-18(16(22)9-12)14(19(23)25-17)11-20-5-7-24-8-6-20/h9,14-18,21-22H,2-8,10-11H2,1H3/b12-9+/t14?,15-,16+,17-,18?/m0/s1. The van der Waals surface area contributed by atoms with E-state index in [-0.39, 0.29) is 17.8 Å². The molecule has 1 aliphatic carbocycles. The highest BCUT2D eigenvalue weighted by Gasteiger charge is 2.48. The zero-order valence-corrected chi connectivity index (χ0v) is 14.9. The number of fused-ring (bicyclic) bond motifs is 1. The van der Waals surface area contributed by atoms with Crippen LogP contribution in [0.2, 0.25) is 0 Å². The summed E-state index contributed by atoms with van der Waals surface area (Å²) >= 11 is 0. The SMILES string of the molecule is C=C1C[C@@H]2OC(=O)C(CN3CCOCC3)C2[C@H](O)/C=C(\C)CC[C@@H]1O. The number of ether oxygens (including phenoxy) is 2. The molecular weight excluding hydrogens is 322 g/mol. The summed E-state index contributed by atoms with van der Waals surface area (Å²) < 4.78 is 11.0. The molecule has 6 heteroatoms. The lowest BCUT2D eigenvalue weighted by molar-refractivity contribution is -0.145. The first kappa shape index (κ1) is 18.6. The molecule has 0 amide bonds. The van der Waals surface area contributed by atoms with E-state index in [0.29, 0.717) is 44.6 Å². The van der Waals surface area contributed by atoms with Gasteiger partial charge in [-0.15, -0.1) is 0 Å². The number of morpholine rings is 1. The number of aliphatic hydroxyl groups is 2. The van der Waals surface area contributed by atoms with Gasteiger partial charge in [-0.3, -0.25) is 9.69 Å². The number of allylic oxidation sites excluding steroid dienone is 1. The average Bonchev–Trinajstić information content (AvgIpc) is 2.88. The van der Waals surface area contributed by atoms with Crippen LogP contribution in [0.5, 0.6) is 0 Å². The van der Waals surface area contributed by atoms with Crippen molar-refractivity contribution in [3.63, 3.8) is 0 Å². The third-order valence-corrected chi connectivity index (χ3v) is 5.62. The number of esters is 1. The molecule has 2 fully saturated rings. The number of rotatable bonds is 2. The third-order valence-electron chi connectivity index (χ3n) is 5.62. The maximum atomic E-state index is 12.5. The number of hydrogen-bond acceptors (Lipinski definition) is 6. The Morgan fingerprint density at radius 3 is 2.76 bits per heavy atom. The summed E-state index contributed by atoms with van der Waals surface area (Å²) in [7, 11) is 0. The fourth-order valence-electron chi connectivity index (χ4n) is 4.07. The van der Waals surface area contributed by atoms with Gasteiger partial charge in [-0.25, -0.2) is 0 Å². The molecule has 2 saturated heterocycles. The maximum absolute atomic E-state index is 12.5. The fourth-order valence-corrected chi connectivity index (χ4v) is 4.07. The zero-order chi connectivity index (χ0) is 18.0. The van der Waals surface area contributed by atoms with Crippen molar-refractivity contribution in [3.8, 4) is 0 Å². The van der Waals surface area contributed by atoms with Crippen molar-refractivity contribution in [2.75, 3.05) is 32.8 Å². The van der Waals surface area contributed by atoms with E-state index in [4.69, 9.17) is 9.47 Å². The summed E-state index contributed by atoms with van der Waals surface area (Å²) in [6.45, 7) is 9.41. The van der Waals surface area contributed by atoms with Crippen molar-refractivity contribution in [1.29, 1.82) is 0 Å². The molecule has 2 unspecified atom stereocenters. The van der Waals surface area contributed by atoms with Crippen molar-refractivity contribution < 1.29 is 24.5 Å². The van der Waals surface area contributed by atoms with E-state index in [2.05, 4.69) is 11.5 Å². The number of nitrogens with zero attached hydrogens (tertiary/aromatic N) is 1. The first-order chi connectivity index (χ1) is 12.0. The smallest absolute Gasteiger partial charge is 0.311 e. The highest BCUT2D eigenvalue weighted by Crippen LogP contribution is 2.37. The fraction of sp³-hybridized carbons (Fsp3) is 0.737. The Bertz CT molecular complexity index is 540. The molecule has 25 heavy (non-hydrogen) atoms. The van der Waals surface area contributed by atoms with Gasteiger partial charge in [-0.2, -0.15) is 0 Å². The highest BCUT2D eigenvalue weighted by atomic mass is 16.6. The Labute approximate surface area is 149 Å². The molecule has 2 aliphatic heterocycles. The molecule has 0 bridgehead atoms. The van der Waals surface area contributed by atoms with Gasteiger partial charge in [0.15, 0.2) is 0 Å². The number of carbonyl (C=O) groups is 1. The van der Waals surface area contributed by atoms with Gasteiger partial charge in [0.2, 0.25) is 0 Å². The summed E-state index contributed by atoms with van der Waals surface area (Å²) in [5.41, 5.74) is 1.70. The molecule has 3 rings (SSSR count). The number of aliphatic hydroxyl groups excluding tert-OH is 2. The molecule has 0 saturated carbocycles. The van der Waals surface area contributed by atoms with Gasteiger partial charge in [0.05, 0.1) is 31.3 Å². The van der Waals surface area contributed by atoms with Crippen LogP contribution in [0.25, 0.3) is 0 Å². The minimum absolute atomic E-state index is 0.256. The van der Waals surface area contributed by atoms with Crippen molar-refractivity contribution in [3.05, 3.63) is 23.8 Å². The number of hydrogen-bond donors (Lipinski definition) is 2. The lowest BCUT2D eigenvalue weighted by Gasteiger charge is -2.32. The first-order valence-electron chi connectivity index (χ1n) is 9.17. The van der Waals surface area contributed by atoms with Crippen molar-refractivity contribution in [2.45, 2.75) is 44.5 Å². The molecule has 140 valence electrons. The normalized spacial score (nSPS) is 40.1. The van der Waals surface area contributed by atoms with Crippen LogP contribution in [-0.2, 0) is 14.3 Å². The maximum Gasteiger partial charge on any atom is 0.311 e. The van der Waals surface area contributed by atoms with Crippen molar-refractivity contribution in [2.24, 2.45) is 11.8 Å². The lowest BCUT2D eigenvalue weighted by atomic mass is 9.80. The van der Waals surface area contributed by atoms with Gasteiger partial charge in [-0.1, -0.05) is 18.2 Å². The summed E-state index contributed by atoms with van der Waals surface area (Å²) in [4.78, 5) is 14.7. The van der Waals surface area contributed by atoms with E-state index in [0.717, 1.165) is 18.7 Å². The van der Waals surface area contributed by atoms with Gasteiger partial charge in [-0.05, 0) is 25.3 Å². The van der Waals surface area contributed by atoms with Crippen LogP contribution >= 0.6 is 0 Å². The average molecular weight is 351 g/mol. The second kappa shape index (κ2) is 7.99. The first-order valence-corrected chi connectivity index (χ1v) is 9.17. The molecule has 2 heterocycles. The minimum Gasteiger partial charge on any atom is -0.461 e. The van der Waals surface area contributed by atoms with Crippen LogP contribution in [0.15, 0.2) is 23.8 Å². The second-order valence-electron chi connectivity index (χ2n) is 7.49. The van der Waals surface area contributed by atoms with Crippen molar-refractivity contribution >= 4 is 5.97 Å². The monoisotopic (exact) mass is 351 g/mol. The number of carbonyl (C=O) groups excluding carboxylic acids is 1. The molecule has 0 aromatic rings. The predicted molar refractivity (Wildman–Crippen MR) is 92.9 cm³/mol. The quantitative estimate of drug-likeness (QED) is 0.568. The summed E-state index contributed by atoms with van der Waals surface area (Å²) in [6.07, 6.45) is 1.75. The van der Waals surface area contributed by atoms with E-state index < -0.39 is 18.3 Å². The molecule has 3 aliphatic rings. The molecule has 0 radical (unpaired) electrons. The molecule has 0 aromatic heterocycles. The Morgan fingerprint density at radius 2 is 2.04 bits per heavy atom. The van der Waals surface area contributed by atoms with Crippen LogP contribution in [0.1, 0.15) is 26.2 Å². The van der Waals surface area contributed by atoms with E-state index in [9.17, 15) is 15.0 Å². The predicted octanol–water partition coefficient (Wildman–Crippen LogP) is 0.885. The Hall–Kier alpha value is -1.21. The zero-order valence-electron chi connectivity index (χ0n) is 14.9. The lowest BCUT2D eigenvalue weighted by Crippen LogP contribution is -2.44. The van der Waals surface area contributed by atoms with Crippen LogP contribution in [0.4, 0.5) is 0 Å². The van der Waals surface area contributed by atoms with Crippen LogP contribution in [0.3, 0.4) is 0 Å². The summed E-state index contributed by atoms with van der Waals surface area (Å²) in [6, 6.07) is 0. The summed E-state index contributed by atoms with van der Waals surface area (Å²) in [5, 5.41) is 21.0. The van der Waals surface area contributed by atoms with Crippen LogP contribution in [0, 0.1) is 11.8 Å². The largest absolute Gasteiger partial charge is 0.461 e. The topological polar surface area (TPSA) is 79.2 Å². The molecule has 5 atom stereocenters. The Morgan fingerprint density at radius 1 is 1.32 bits per heavy atom. The Balaban J connectivity index is 1.82. The van der Waals surface area contributed by atoms with Gasteiger partial charge in [0.25, 0.3) is 0 Å². The minimum atomic E-state index is -0.731. The second-order valence-corrected chi connectivity index (χ2v) is 7.49. The molecule has 0 spiro atoms. The summed E-state index contributed by atoms with van der Waals surface area (Å²) in [5.74, 6) is -0.938. The van der Waals surface area contributed by atoms with Crippen molar-refractivity contribution in [1.82, 2.24) is 4.90 Å². The van der Waals surface area contributed by atoms with E-state index in [1.54, 1.807) is 0 Å².